The topological polar surface area (TPSA) is 47.6 Å². The fourth-order valence-corrected chi connectivity index (χ4v) is 3.20. The largest absolute Gasteiger partial charge is 0.490 e. The molecule has 1 atom stereocenters. The van der Waals surface area contributed by atoms with E-state index in [4.69, 9.17) is 9.47 Å². The number of carbonyl (C=O) groups excluding carboxylic acids is 1. The van der Waals surface area contributed by atoms with Crippen LogP contribution in [0.25, 0.3) is 0 Å². The van der Waals surface area contributed by atoms with Gasteiger partial charge in [-0.15, -0.1) is 11.8 Å². The van der Waals surface area contributed by atoms with Crippen LogP contribution in [0.3, 0.4) is 0 Å². The monoisotopic (exact) mass is 365 g/mol. The van der Waals surface area contributed by atoms with Gasteiger partial charge in [0, 0.05) is 17.4 Å². The van der Waals surface area contributed by atoms with E-state index in [0.29, 0.717) is 24.7 Å². The van der Waals surface area contributed by atoms with Crippen molar-refractivity contribution in [3.05, 3.63) is 48.0 Å². The molecule has 1 aliphatic heterocycles. The lowest BCUT2D eigenvalue weighted by molar-refractivity contribution is -0.115. The van der Waals surface area contributed by atoms with Crippen molar-refractivity contribution in [2.75, 3.05) is 18.5 Å². The Balaban J connectivity index is 1.66. The summed E-state index contributed by atoms with van der Waals surface area (Å²) in [6.07, 6.45) is 0.819. The maximum Gasteiger partial charge on any atom is 0.237 e. The molecule has 0 bridgehead atoms. The molecule has 0 unspecified atom stereocenters. The summed E-state index contributed by atoms with van der Waals surface area (Å²) in [7, 11) is 0. The fraction of sp³-hybridized carbons (Fsp3) is 0.278. The lowest BCUT2D eigenvalue weighted by Crippen LogP contribution is -2.23. The molecule has 0 aromatic heterocycles. The Hall–Kier alpha value is -2.28. The minimum absolute atomic E-state index is 0.0440. The number of halogens is 2. The van der Waals surface area contributed by atoms with E-state index >= 15 is 0 Å². The number of anilines is 1. The minimum atomic E-state index is -0.805. The van der Waals surface area contributed by atoms with Crippen LogP contribution in [-0.4, -0.2) is 24.4 Å². The standard InChI is InChI=1S/C18H17F2NO3S/c1-11(18(22)21-15-5-3-12(19)9-14(15)20)25-13-4-6-16-17(10-13)24-8-2-7-23-16/h3-6,9-11H,2,7-8H2,1H3,(H,21,22)/t11-/m1/s1. The molecule has 0 saturated carbocycles. The zero-order valence-electron chi connectivity index (χ0n) is 13.6. The van der Waals surface area contributed by atoms with Gasteiger partial charge >= 0.3 is 0 Å². The molecule has 1 aliphatic rings. The number of benzene rings is 2. The van der Waals surface area contributed by atoms with Gasteiger partial charge in [0.2, 0.25) is 5.91 Å². The third-order valence-electron chi connectivity index (χ3n) is 3.59. The van der Waals surface area contributed by atoms with Crippen molar-refractivity contribution in [1.82, 2.24) is 0 Å². The number of ether oxygens (including phenoxy) is 2. The summed E-state index contributed by atoms with van der Waals surface area (Å²) in [6, 6.07) is 8.52. The quantitative estimate of drug-likeness (QED) is 0.823. The molecule has 1 amide bonds. The molecule has 0 radical (unpaired) electrons. The summed E-state index contributed by atoms with van der Waals surface area (Å²) in [6.45, 7) is 2.91. The van der Waals surface area contributed by atoms with Crippen molar-refractivity contribution in [2.45, 2.75) is 23.5 Å². The average molecular weight is 365 g/mol. The van der Waals surface area contributed by atoms with Crippen LogP contribution >= 0.6 is 11.8 Å². The van der Waals surface area contributed by atoms with E-state index in [1.54, 1.807) is 6.92 Å². The number of thioether (sulfide) groups is 1. The number of rotatable bonds is 4. The Bertz CT molecular complexity index is 785. The maximum atomic E-state index is 13.6. The molecule has 0 spiro atoms. The fourth-order valence-electron chi connectivity index (χ4n) is 2.30. The van der Waals surface area contributed by atoms with Crippen LogP contribution < -0.4 is 14.8 Å². The first-order chi connectivity index (χ1) is 12.0. The van der Waals surface area contributed by atoms with Crippen molar-refractivity contribution in [2.24, 2.45) is 0 Å². The highest BCUT2D eigenvalue weighted by molar-refractivity contribution is 8.00. The van der Waals surface area contributed by atoms with Crippen LogP contribution in [0.4, 0.5) is 14.5 Å². The van der Waals surface area contributed by atoms with E-state index in [9.17, 15) is 13.6 Å². The number of fused-ring (bicyclic) bond motifs is 1. The van der Waals surface area contributed by atoms with Crippen molar-refractivity contribution in [3.63, 3.8) is 0 Å². The predicted octanol–water partition coefficient (Wildman–Crippen LogP) is 4.25. The third-order valence-corrected chi connectivity index (χ3v) is 4.68. The van der Waals surface area contributed by atoms with Crippen LogP contribution in [0, 0.1) is 11.6 Å². The zero-order chi connectivity index (χ0) is 17.8. The lowest BCUT2D eigenvalue weighted by Gasteiger charge is -2.14. The second-order valence-corrected chi connectivity index (χ2v) is 6.95. The molecule has 0 saturated heterocycles. The van der Waals surface area contributed by atoms with Gasteiger partial charge in [0.05, 0.1) is 24.2 Å². The van der Waals surface area contributed by atoms with Crippen molar-refractivity contribution in [1.29, 1.82) is 0 Å². The first-order valence-electron chi connectivity index (χ1n) is 7.85. The highest BCUT2D eigenvalue weighted by Gasteiger charge is 2.18. The second-order valence-electron chi connectivity index (χ2n) is 5.53. The minimum Gasteiger partial charge on any atom is -0.490 e. The summed E-state index contributed by atoms with van der Waals surface area (Å²) < 4.78 is 37.8. The van der Waals surface area contributed by atoms with Gasteiger partial charge in [-0.3, -0.25) is 4.79 Å². The molecule has 0 fully saturated rings. The van der Waals surface area contributed by atoms with E-state index in [2.05, 4.69) is 5.32 Å². The van der Waals surface area contributed by atoms with Crippen molar-refractivity contribution >= 4 is 23.4 Å². The third kappa shape index (κ3) is 4.42. The Morgan fingerprint density at radius 3 is 2.64 bits per heavy atom. The summed E-state index contributed by atoms with van der Waals surface area (Å²) in [5.74, 6) is -0.527. The van der Waals surface area contributed by atoms with Gasteiger partial charge in [-0.2, -0.15) is 0 Å². The van der Waals surface area contributed by atoms with Gasteiger partial charge in [-0.05, 0) is 37.3 Å². The lowest BCUT2D eigenvalue weighted by atomic mass is 10.3. The van der Waals surface area contributed by atoms with E-state index in [1.807, 2.05) is 18.2 Å². The molecule has 4 nitrogen and oxygen atoms in total. The first kappa shape index (κ1) is 17.5. The molecule has 2 aromatic rings. The zero-order valence-corrected chi connectivity index (χ0v) is 14.4. The summed E-state index contributed by atoms with van der Waals surface area (Å²) in [5, 5.41) is 1.99. The van der Waals surface area contributed by atoms with E-state index in [0.717, 1.165) is 23.4 Å². The van der Waals surface area contributed by atoms with Crippen LogP contribution in [0.15, 0.2) is 41.3 Å². The normalized spacial score (nSPS) is 14.5. The number of amides is 1. The molecule has 7 heteroatoms. The Morgan fingerprint density at radius 1 is 1.12 bits per heavy atom. The van der Waals surface area contributed by atoms with Gasteiger partial charge in [0.25, 0.3) is 0 Å². The van der Waals surface area contributed by atoms with E-state index in [-0.39, 0.29) is 11.6 Å². The van der Waals surface area contributed by atoms with Crippen LogP contribution in [0.1, 0.15) is 13.3 Å². The Kier molecular flexibility index (Phi) is 5.43. The van der Waals surface area contributed by atoms with Crippen molar-refractivity contribution in [3.8, 4) is 11.5 Å². The van der Waals surface area contributed by atoms with Gasteiger partial charge in [0.1, 0.15) is 11.6 Å². The molecule has 0 aliphatic carbocycles. The van der Waals surface area contributed by atoms with E-state index < -0.39 is 16.9 Å². The molecule has 1 heterocycles. The van der Waals surface area contributed by atoms with E-state index in [1.165, 1.54) is 17.8 Å². The summed E-state index contributed by atoms with van der Waals surface area (Å²) in [5.41, 5.74) is -0.0440. The Labute approximate surface area is 148 Å². The summed E-state index contributed by atoms with van der Waals surface area (Å²) in [4.78, 5) is 13.1. The second kappa shape index (κ2) is 7.74. The first-order valence-corrected chi connectivity index (χ1v) is 8.73. The molecular formula is C18H17F2NO3S. The van der Waals surface area contributed by atoms with Crippen molar-refractivity contribution < 1.29 is 23.0 Å². The van der Waals surface area contributed by atoms with Gasteiger partial charge < -0.3 is 14.8 Å². The van der Waals surface area contributed by atoms with Gasteiger partial charge in [0.15, 0.2) is 11.5 Å². The highest BCUT2D eigenvalue weighted by atomic mass is 32.2. The molecule has 132 valence electrons. The highest BCUT2D eigenvalue weighted by Crippen LogP contribution is 2.35. The maximum absolute atomic E-state index is 13.6. The molecule has 2 aromatic carbocycles. The molecule has 25 heavy (non-hydrogen) atoms. The SMILES string of the molecule is C[C@@H](Sc1ccc2c(c1)OCCCO2)C(=O)Nc1ccc(F)cc1F. The molecule has 1 N–H and O–H groups in total. The Morgan fingerprint density at radius 2 is 1.88 bits per heavy atom. The van der Waals surface area contributed by atoms with Crippen LogP contribution in [-0.2, 0) is 4.79 Å². The summed E-state index contributed by atoms with van der Waals surface area (Å²) >= 11 is 1.32. The number of carbonyl (C=O) groups is 1. The number of hydrogen-bond acceptors (Lipinski definition) is 4. The average Bonchev–Trinajstić information content (AvgIpc) is 2.82. The smallest absolute Gasteiger partial charge is 0.237 e. The number of hydrogen-bond donors (Lipinski definition) is 1. The van der Waals surface area contributed by atoms with Gasteiger partial charge in [-0.1, -0.05) is 0 Å². The molecule has 3 rings (SSSR count). The van der Waals surface area contributed by atoms with Crippen LogP contribution in [0.2, 0.25) is 0 Å². The predicted molar refractivity (Wildman–Crippen MR) is 92.4 cm³/mol. The molecular weight excluding hydrogens is 348 g/mol. The van der Waals surface area contributed by atoms with Crippen LogP contribution in [0.5, 0.6) is 11.5 Å². The number of nitrogens with one attached hydrogen (secondary N) is 1. The van der Waals surface area contributed by atoms with Gasteiger partial charge in [-0.25, -0.2) is 8.78 Å².